The summed E-state index contributed by atoms with van der Waals surface area (Å²) >= 11 is 0. The number of benzene rings is 4. The maximum Gasteiger partial charge on any atom is 0.264 e. The first-order valence-electron chi connectivity index (χ1n) is 15.7. The van der Waals surface area contributed by atoms with Gasteiger partial charge in [0.1, 0.15) is 12.6 Å². The third kappa shape index (κ3) is 8.63. The Morgan fingerprint density at radius 1 is 0.761 bits per heavy atom. The number of nitrogens with one attached hydrogen (secondary N) is 1. The summed E-state index contributed by atoms with van der Waals surface area (Å²) in [6.45, 7) is 11.8. The molecule has 1 N–H and O–H groups in total. The summed E-state index contributed by atoms with van der Waals surface area (Å²) in [5, 5.41) is 3.03. The van der Waals surface area contributed by atoms with Crippen molar-refractivity contribution in [3.63, 3.8) is 0 Å². The van der Waals surface area contributed by atoms with Gasteiger partial charge in [0.15, 0.2) is 0 Å². The molecule has 242 valence electrons. The van der Waals surface area contributed by atoms with Gasteiger partial charge in [-0.05, 0) is 74.1 Å². The van der Waals surface area contributed by atoms with Crippen molar-refractivity contribution in [3.8, 4) is 0 Å². The van der Waals surface area contributed by atoms with Gasteiger partial charge in [-0.25, -0.2) is 8.42 Å². The Labute approximate surface area is 274 Å². The highest BCUT2D eigenvalue weighted by Crippen LogP contribution is 2.29. The zero-order chi connectivity index (χ0) is 33.4. The number of aryl methyl sites for hydroxylation is 3. The molecule has 0 unspecified atom stereocenters. The fourth-order valence-electron chi connectivity index (χ4n) is 5.34. The molecule has 0 saturated carbocycles. The number of hydrogen-bond donors (Lipinski definition) is 1. The van der Waals surface area contributed by atoms with Crippen LogP contribution in [-0.2, 0) is 32.6 Å². The summed E-state index contributed by atoms with van der Waals surface area (Å²) in [5.41, 5.74) is 5.78. The SMILES string of the molecule is Cc1ccc(S(=O)(=O)N(CC(=O)N(Cc2cccc(C)c2)[C@@H](Cc2ccccc2)C(=O)NCC(C)C)c2cccc(C)c2C)cc1. The largest absolute Gasteiger partial charge is 0.354 e. The molecule has 1 atom stereocenters. The van der Waals surface area contributed by atoms with Gasteiger partial charge >= 0.3 is 0 Å². The Morgan fingerprint density at radius 2 is 1.41 bits per heavy atom. The van der Waals surface area contributed by atoms with Crippen LogP contribution >= 0.6 is 0 Å². The molecule has 0 heterocycles. The Morgan fingerprint density at radius 3 is 2.07 bits per heavy atom. The van der Waals surface area contributed by atoms with Gasteiger partial charge in [0, 0.05) is 19.5 Å². The van der Waals surface area contributed by atoms with E-state index in [9.17, 15) is 18.0 Å². The van der Waals surface area contributed by atoms with Gasteiger partial charge in [0.25, 0.3) is 10.0 Å². The van der Waals surface area contributed by atoms with Crippen LogP contribution in [0, 0.1) is 33.6 Å². The number of carbonyl (C=O) groups is 2. The number of carbonyl (C=O) groups excluding carboxylic acids is 2. The van der Waals surface area contributed by atoms with Crippen molar-refractivity contribution >= 4 is 27.5 Å². The van der Waals surface area contributed by atoms with Crippen molar-refractivity contribution < 1.29 is 18.0 Å². The summed E-state index contributed by atoms with van der Waals surface area (Å²) in [6, 6.07) is 28.6. The standard InChI is InChI=1S/C38H45N3O4S/c1-27(2)24-39-38(43)36(23-32-14-8-7-9-15-32)40(25-33-16-10-12-29(4)22-33)37(42)26-41(35-17-11-13-30(5)31(35)6)46(44,45)34-20-18-28(3)19-21-34/h7-22,27,36H,23-26H2,1-6H3,(H,39,43)/t36-/m0/s1. The summed E-state index contributed by atoms with van der Waals surface area (Å²) in [4.78, 5) is 30.2. The van der Waals surface area contributed by atoms with E-state index < -0.39 is 28.5 Å². The monoisotopic (exact) mass is 639 g/mol. The highest BCUT2D eigenvalue weighted by Gasteiger charge is 2.35. The van der Waals surface area contributed by atoms with Crippen LogP contribution in [0.5, 0.6) is 0 Å². The Hall–Kier alpha value is -4.43. The van der Waals surface area contributed by atoms with E-state index >= 15 is 0 Å². The van der Waals surface area contributed by atoms with Crippen molar-refractivity contribution in [3.05, 3.63) is 130 Å². The zero-order valence-electron chi connectivity index (χ0n) is 27.7. The maximum absolute atomic E-state index is 14.7. The van der Waals surface area contributed by atoms with E-state index in [1.54, 1.807) is 41.3 Å². The minimum Gasteiger partial charge on any atom is -0.354 e. The van der Waals surface area contributed by atoms with E-state index in [1.165, 1.54) is 4.31 Å². The van der Waals surface area contributed by atoms with Crippen LogP contribution < -0.4 is 9.62 Å². The van der Waals surface area contributed by atoms with Gasteiger partial charge in [-0.2, -0.15) is 0 Å². The second-order valence-electron chi connectivity index (χ2n) is 12.4. The van der Waals surface area contributed by atoms with Crippen molar-refractivity contribution in [1.29, 1.82) is 0 Å². The molecule has 0 spiro atoms. The van der Waals surface area contributed by atoms with Crippen LogP contribution in [0.2, 0.25) is 0 Å². The third-order valence-electron chi connectivity index (χ3n) is 8.12. The Bertz CT molecular complexity index is 1750. The first kappa shape index (κ1) is 34.4. The number of sulfonamides is 1. The molecular formula is C38H45N3O4S. The van der Waals surface area contributed by atoms with Crippen molar-refractivity contribution in [2.75, 3.05) is 17.4 Å². The normalized spacial score (nSPS) is 12.1. The molecule has 8 heteroatoms. The summed E-state index contributed by atoms with van der Waals surface area (Å²) in [6.07, 6.45) is 0.274. The number of hydrogen-bond acceptors (Lipinski definition) is 4. The molecule has 0 aliphatic rings. The number of rotatable bonds is 13. The summed E-state index contributed by atoms with van der Waals surface area (Å²) in [7, 11) is -4.16. The Kier molecular flexibility index (Phi) is 11.4. The molecule has 0 radical (unpaired) electrons. The molecule has 4 rings (SSSR count). The molecule has 0 fully saturated rings. The van der Waals surface area contributed by atoms with E-state index in [-0.39, 0.29) is 29.7 Å². The number of anilines is 1. The molecule has 2 amide bonds. The molecule has 0 saturated heterocycles. The first-order valence-corrected chi connectivity index (χ1v) is 17.1. The number of amides is 2. The molecule has 7 nitrogen and oxygen atoms in total. The lowest BCUT2D eigenvalue weighted by molar-refractivity contribution is -0.140. The van der Waals surface area contributed by atoms with E-state index in [0.29, 0.717) is 12.2 Å². The van der Waals surface area contributed by atoms with Gasteiger partial charge in [0.2, 0.25) is 11.8 Å². The number of nitrogens with zero attached hydrogens (tertiary/aromatic N) is 2. The average Bonchev–Trinajstić information content (AvgIpc) is 3.02. The van der Waals surface area contributed by atoms with Crippen LogP contribution in [-0.4, -0.2) is 44.3 Å². The topological polar surface area (TPSA) is 86.8 Å². The van der Waals surface area contributed by atoms with Gasteiger partial charge in [-0.1, -0.05) is 104 Å². The van der Waals surface area contributed by atoms with E-state index in [1.807, 2.05) is 102 Å². The van der Waals surface area contributed by atoms with Crippen molar-refractivity contribution in [2.24, 2.45) is 5.92 Å². The summed E-state index contributed by atoms with van der Waals surface area (Å²) < 4.78 is 29.8. The van der Waals surface area contributed by atoms with E-state index in [2.05, 4.69) is 5.32 Å². The van der Waals surface area contributed by atoms with Crippen LogP contribution in [0.1, 0.15) is 47.2 Å². The van der Waals surface area contributed by atoms with Crippen LogP contribution in [0.3, 0.4) is 0 Å². The molecule has 0 aliphatic heterocycles. The van der Waals surface area contributed by atoms with Gasteiger partial charge in [0.05, 0.1) is 10.6 Å². The minimum absolute atomic E-state index is 0.0903. The fourth-order valence-corrected chi connectivity index (χ4v) is 6.81. The lowest BCUT2D eigenvalue weighted by Crippen LogP contribution is -2.53. The predicted molar refractivity (Wildman–Crippen MR) is 185 cm³/mol. The quantitative estimate of drug-likeness (QED) is 0.180. The highest BCUT2D eigenvalue weighted by molar-refractivity contribution is 7.92. The van der Waals surface area contributed by atoms with Crippen molar-refractivity contribution in [1.82, 2.24) is 10.2 Å². The lowest BCUT2D eigenvalue weighted by atomic mass is 10.0. The van der Waals surface area contributed by atoms with Crippen molar-refractivity contribution in [2.45, 2.75) is 65.4 Å². The smallest absolute Gasteiger partial charge is 0.264 e. The van der Waals surface area contributed by atoms with Gasteiger partial charge in [-0.3, -0.25) is 13.9 Å². The van der Waals surface area contributed by atoms with E-state index in [0.717, 1.165) is 33.4 Å². The highest BCUT2D eigenvalue weighted by atomic mass is 32.2. The van der Waals surface area contributed by atoms with Crippen LogP contribution in [0.15, 0.2) is 102 Å². The first-order chi connectivity index (χ1) is 21.9. The summed E-state index contributed by atoms with van der Waals surface area (Å²) in [5.74, 6) is -0.543. The molecule has 46 heavy (non-hydrogen) atoms. The molecule has 4 aromatic rings. The lowest BCUT2D eigenvalue weighted by Gasteiger charge is -2.34. The molecule has 0 aliphatic carbocycles. The maximum atomic E-state index is 14.7. The van der Waals surface area contributed by atoms with Crippen LogP contribution in [0.25, 0.3) is 0 Å². The fraction of sp³-hybridized carbons (Fsp3) is 0.316. The second-order valence-corrected chi connectivity index (χ2v) is 14.3. The Balaban J connectivity index is 1.83. The van der Waals surface area contributed by atoms with Gasteiger partial charge < -0.3 is 10.2 Å². The van der Waals surface area contributed by atoms with Crippen LogP contribution in [0.4, 0.5) is 5.69 Å². The minimum atomic E-state index is -4.16. The second kappa shape index (κ2) is 15.2. The van der Waals surface area contributed by atoms with Gasteiger partial charge in [-0.15, -0.1) is 0 Å². The molecule has 0 bridgehead atoms. The van der Waals surface area contributed by atoms with E-state index in [4.69, 9.17) is 0 Å². The predicted octanol–water partition coefficient (Wildman–Crippen LogP) is 6.53. The average molecular weight is 640 g/mol. The zero-order valence-corrected chi connectivity index (χ0v) is 28.5. The molecule has 4 aromatic carbocycles. The molecular weight excluding hydrogens is 595 g/mol. The third-order valence-corrected chi connectivity index (χ3v) is 9.90. The molecule has 0 aromatic heterocycles.